The fourth-order valence-electron chi connectivity index (χ4n) is 2.43. The zero-order valence-electron chi connectivity index (χ0n) is 11.0. The number of halogens is 1. The van der Waals surface area contributed by atoms with Gasteiger partial charge in [0.15, 0.2) is 0 Å². The molecule has 104 valence electrons. The molecule has 0 bridgehead atoms. The molecule has 7 heteroatoms. The maximum absolute atomic E-state index is 11.1. The average Bonchev–Trinajstić information content (AvgIpc) is 2.32. The number of rotatable bonds is 2. The normalized spacial score (nSPS) is 22.3. The van der Waals surface area contributed by atoms with Crippen molar-refractivity contribution in [3.05, 3.63) is 27.0 Å². The molecule has 1 unspecified atom stereocenters. The van der Waals surface area contributed by atoms with E-state index in [0.29, 0.717) is 23.2 Å². The lowest BCUT2D eigenvalue weighted by Crippen LogP contribution is -2.52. The molecule has 0 amide bonds. The Kier molecular flexibility index (Phi) is 3.78. The lowest BCUT2D eigenvalue weighted by molar-refractivity contribution is -0.384. The lowest BCUT2D eigenvalue weighted by Gasteiger charge is -2.43. The maximum Gasteiger partial charge on any atom is 0.311 e. The fourth-order valence-corrected chi connectivity index (χ4v) is 3.00. The van der Waals surface area contributed by atoms with Crippen molar-refractivity contribution >= 4 is 27.3 Å². The maximum atomic E-state index is 11.1. The number of hydrogen-bond donors (Lipinski definition) is 1. The van der Waals surface area contributed by atoms with Crippen molar-refractivity contribution in [2.75, 3.05) is 18.0 Å². The van der Waals surface area contributed by atoms with E-state index < -0.39 is 4.92 Å². The standard InChI is InChI=1S/C12H17BrN4O2/c1-12(2)7-16(4-3-10(12)14)11-8(13)5-15-6-9(11)17(18)19/h5-6,10H,3-4,7,14H2,1-2H3. The Morgan fingerprint density at radius 1 is 1.58 bits per heavy atom. The van der Waals surface area contributed by atoms with E-state index in [-0.39, 0.29) is 17.1 Å². The molecule has 0 aliphatic carbocycles. The highest BCUT2D eigenvalue weighted by Crippen LogP contribution is 2.39. The first-order valence-electron chi connectivity index (χ1n) is 6.11. The van der Waals surface area contributed by atoms with Gasteiger partial charge in [-0.2, -0.15) is 0 Å². The molecule has 19 heavy (non-hydrogen) atoms. The second-order valence-electron chi connectivity index (χ2n) is 5.55. The number of piperidine rings is 1. The smallest absolute Gasteiger partial charge is 0.311 e. The summed E-state index contributed by atoms with van der Waals surface area (Å²) in [5, 5.41) is 11.1. The molecule has 6 nitrogen and oxygen atoms in total. The molecule has 0 aromatic carbocycles. The van der Waals surface area contributed by atoms with Crippen molar-refractivity contribution in [3.63, 3.8) is 0 Å². The molecule has 1 atom stereocenters. The quantitative estimate of drug-likeness (QED) is 0.665. The fraction of sp³-hybridized carbons (Fsp3) is 0.583. The van der Waals surface area contributed by atoms with Crippen LogP contribution >= 0.6 is 15.9 Å². The van der Waals surface area contributed by atoms with E-state index in [9.17, 15) is 10.1 Å². The third kappa shape index (κ3) is 2.71. The molecule has 1 aliphatic rings. The summed E-state index contributed by atoms with van der Waals surface area (Å²) in [4.78, 5) is 16.6. The Hall–Kier alpha value is -1.21. The van der Waals surface area contributed by atoms with Crippen molar-refractivity contribution in [1.82, 2.24) is 4.98 Å². The Bertz CT molecular complexity index is 507. The van der Waals surface area contributed by atoms with E-state index in [1.54, 1.807) is 6.20 Å². The molecule has 1 aromatic rings. The molecular weight excluding hydrogens is 312 g/mol. The van der Waals surface area contributed by atoms with E-state index in [2.05, 4.69) is 34.8 Å². The summed E-state index contributed by atoms with van der Waals surface area (Å²) in [5.41, 5.74) is 6.66. The van der Waals surface area contributed by atoms with Gasteiger partial charge in [0.25, 0.3) is 0 Å². The number of nitrogens with zero attached hydrogens (tertiary/aromatic N) is 3. The summed E-state index contributed by atoms with van der Waals surface area (Å²) >= 11 is 3.36. The first kappa shape index (κ1) is 14.2. The zero-order valence-corrected chi connectivity index (χ0v) is 12.6. The summed E-state index contributed by atoms with van der Waals surface area (Å²) in [7, 11) is 0. The minimum atomic E-state index is -0.394. The highest BCUT2D eigenvalue weighted by atomic mass is 79.9. The Labute approximate surface area is 120 Å². The van der Waals surface area contributed by atoms with E-state index in [4.69, 9.17) is 5.73 Å². The van der Waals surface area contributed by atoms with E-state index >= 15 is 0 Å². The van der Waals surface area contributed by atoms with Gasteiger partial charge in [0, 0.05) is 25.3 Å². The predicted octanol–water partition coefficient (Wildman–Crippen LogP) is 2.32. The molecule has 1 aromatic heterocycles. The van der Waals surface area contributed by atoms with Gasteiger partial charge >= 0.3 is 5.69 Å². The largest absolute Gasteiger partial charge is 0.364 e. The molecule has 1 aliphatic heterocycles. The predicted molar refractivity (Wildman–Crippen MR) is 77.2 cm³/mol. The van der Waals surface area contributed by atoms with Crippen molar-refractivity contribution in [2.24, 2.45) is 11.1 Å². The van der Waals surface area contributed by atoms with Gasteiger partial charge in [-0.3, -0.25) is 15.1 Å². The topological polar surface area (TPSA) is 85.3 Å². The molecule has 2 N–H and O–H groups in total. The molecule has 2 heterocycles. The third-order valence-corrected chi connectivity index (χ3v) is 4.26. The second-order valence-corrected chi connectivity index (χ2v) is 6.41. The van der Waals surface area contributed by atoms with Gasteiger partial charge in [-0.15, -0.1) is 0 Å². The van der Waals surface area contributed by atoms with Crippen LogP contribution in [0.15, 0.2) is 16.9 Å². The summed E-state index contributed by atoms with van der Waals surface area (Å²) in [6, 6.07) is 0.114. The molecule has 1 fully saturated rings. The van der Waals surface area contributed by atoms with Gasteiger partial charge in [0.1, 0.15) is 11.9 Å². The summed E-state index contributed by atoms with van der Waals surface area (Å²) < 4.78 is 0.646. The van der Waals surface area contributed by atoms with Crippen LogP contribution in [0.25, 0.3) is 0 Å². The molecule has 0 radical (unpaired) electrons. The highest BCUT2D eigenvalue weighted by Gasteiger charge is 2.36. The van der Waals surface area contributed by atoms with Crippen LogP contribution in [-0.2, 0) is 0 Å². The zero-order chi connectivity index (χ0) is 14.2. The lowest BCUT2D eigenvalue weighted by atomic mass is 9.79. The highest BCUT2D eigenvalue weighted by molar-refractivity contribution is 9.10. The number of aromatic nitrogens is 1. The van der Waals surface area contributed by atoms with Crippen molar-refractivity contribution < 1.29 is 4.92 Å². The van der Waals surface area contributed by atoms with Crippen LogP contribution in [0.5, 0.6) is 0 Å². The van der Waals surface area contributed by atoms with E-state index in [0.717, 1.165) is 6.42 Å². The van der Waals surface area contributed by atoms with Gasteiger partial charge in [-0.1, -0.05) is 13.8 Å². The van der Waals surface area contributed by atoms with Gasteiger partial charge in [-0.05, 0) is 27.8 Å². The molecule has 2 rings (SSSR count). The average molecular weight is 329 g/mol. The van der Waals surface area contributed by atoms with Crippen LogP contribution in [0.2, 0.25) is 0 Å². The first-order valence-corrected chi connectivity index (χ1v) is 6.90. The van der Waals surface area contributed by atoms with Gasteiger partial charge in [0.2, 0.25) is 0 Å². The molecule has 0 spiro atoms. The van der Waals surface area contributed by atoms with Crippen molar-refractivity contribution in [2.45, 2.75) is 26.3 Å². The van der Waals surface area contributed by atoms with Crippen LogP contribution in [-0.4, -0.2) is 29.0 Å². The minimum absolute atomic E-state index is 0.0284. The Morgan fingerprint density at radius 3 is 2.84 bits per heavy atom. The monoisotopic (exact) mass is 328 g/mol. The Morgan fingerprint density at radius 2 is 2.26 bits per heavy atom. The van der Waals surface area contributed by atoms with Gasteiger partial charge < -0.3 is 10.6 Å². The number of anilines is 1. The number of nitro groups is 1. The van der Waals surface area contributed by atoms with Gasteiger partial charge in [-0.25, -0.2) is 0 Å². The third-order valence-electron chi connectivity index (χ3n) is 3.68. The number of hydrogen-bond acceptors (Lipinski definition) is 5. The molecule has 1 saturated heterocycles. The van der Waals surface area contributed by atoms with Crippen LogP contribution < -0.4 is 10.6 Å². The Balaban J connectivity index is 2.40. The summed E-state index contributed by atoms with van der Waals surface area (Å²) in [5.74, 6) is 0. The summed E-state index contributed by atoms with van der Waals surface area (Å²) in [6.07, 6.45) is 3.70. The molecular formula is C12H17BrN4O2. The number of pyridine rings is 1. The van der Waals surface area contributed by atoms with Crippen molar-refractivity contribution in [1.29, 1.82) is 0 Å². The number of nitrogens with two attached hydrogens (primary N) is 1. The van der Waals surface area contributed by atoms with E-state index in [1.165, 1.54) is 6.20 Å². The SMILES string of the molecule is CC1(C)CN(c2c(Br)cncc2[N+](=O)[O-])CCC1N. The van der Waals surface area contributed by atoms with Crippen LogP contribution in [0.1, 0.15) is 20.3 Å². The van der Waals surface area contributed by atoms with Crippen LogP contribution in [0, 0.1) is 15.5 Å². The minimum Gasteiger partial charge on any atom is -0.364 e. The first-order chi connectivity index (χ1) is 8.83. The summed E-state index contributed by atoms with van der Waals surface area (Å²) in [6.45, 7) is 5.58. The van der Waals surface area contributed by atoms with Crippen molar-refractivity contribution in [3.8, 4) is 0 Å². The van der Waals surface area contributed by atoms with Crippen LogP contribution in [0.4, 0.5) is 11.4 Å². The molecule has 0 saturated carbocycles. The van der Waals surface area contributed by atoms with Gasteiger partial charge in [0.05, 0.1) is 9.40 Å². The van der Waals surface area contributed by atoms with Crippen LogP contribution in [0.3, 0.4) is 0 Å². The second kappa shape index (κ2) is 5.05. The van der Waals surface area contributed by atoms with E-state index in [1.807, 2.05) is 4.90 Å².